The van der Waals surface area contributed by atoms with E-state index < -0.39 is 0 Å². The summed E-state index contributed by atoms with van der Waals surface area (Å²) in [5.41, 5.74) is 4.39. The molecule has 0 atom stereocenters. The quantitative estimate of drug-likeness (QED) is 0.362. The van der Waals surface area contributed by atoms with Crippen LogP contribution >= 0.6 is 22.7 Å². The summed E-state index contributed by atoms with van der Waals surface area (Å²) in [5.74, 6) is 1.23. The van der Waals surface area contributed by atoms with Crippen molar-refractivity contribution in [2.24, 2.45) is 0 Å². The lowest BCUT2D eigenvalue weighted by atomic mass is 9.97. The Bertz CT molecular complexity index is 1530. The van der Waals surface area contributed by atoms with Crippen LogP contribution in [0.2, 0.25) is 0 Å². The molecule has 0 bridgehead atoms. The van der Waals surface area contributed by atoms with Crippen LogP contribution in [-0.4, -0.2) is 33.0 Å². The maximum atomic E-state index is 5.88. The number of thiazole rings is 1. The molecule has 142 valence electrons. The summed E-state index contributed by atoms with van der Waals surface area (Å²) >= 11 is 3.11. The van der Waals surface area contributed by atoms with Crippen LogP contribution in [0.5, 0.6) is 0 Å². The fourth-order valence-corrected chi connectivity index (χ4v) is 4.94. The molecule has 0 aliphatic heterocycles. The van der Waals surface area contributed by atoms with Gasteiger partial charge in [-0.05, 0) is 41.8 Å². The van der Waals surface area contributed by atoms with Crippen LogP contribution in [0.3, 0.4) is 0 Å². The molecule has 30 heavy (non-hydrogen) atoms. The lowest BCUT2D eigenvalue weighted by Gasteiger charge is -2.09. The van der Waals surface area contributed by atoms with E-state index >= 15 is 0 Å². The number of thiophene rings is 1. The Balaban J connectivity index is 1.37. The topological polar surface area (TPSA) is 91.4 Å². The molecule has 0 aliphatic rings. The number of benzene rings is 2. The largest absolute Gasteiger partial charge is 0.339 e. The van der Waals surface area contributed by atoms with Gasteiger partial charge in [-0.2, -0.15) is 10.1 Å². The molecule has 0 spiro atoms. The summed E-state index contributed by atoms with van der Waals surface area (Å²) in [6, 6.07) is 13.7. The third kappa shape index (κ3) is 3.06. The van der Waals surface area contributed by atoms with Crippen molar-refractivity contribution in [1.29, 1.82) is 0 Å². The number of rotatable bonds is 4. The summed E-state index contributed by atoms with van der Waals surface area (Å²) in [5, 5.41) is 17.5. The molecule has 4 aromatic heterocycles. The molecule has 0 amide bonds. The zero-order valence-electron chi connectivity index (χ0n) is 15.4. The van der Waals surface area contributed by atoms with Crippen LogP contribution in [0.15, 0.2) is 54.0 Å². The molecule has 0 fully saturated rings. The minimum absolute atomic E-state index is 0.486. The van der Waals surface area contributed by atoms with E-state index in [4.69, 9.17) is 12.8 Å². The molecule has 0 unspecified atom stereocenters. The number of H-pyrrole nitrogens is 1. The highest BCUT2D eigenvalue weighted by atomic mass is 32.1. The van der Waals surface area contributed by atoms with Crippen molar-refractivity contribution >= 4 is 89.9 Å². The smallest absolute Gasteiger partial charge is 0.231 e. The van der Waals surface area contributed by atoms with E-state index in [2.05, 4.69) is 30.8 Å². The van der Waals surface area contributed by atoms with Gasteiger partial charge in [0, 0.05) is 11.1 Å². The van der Waals surface area contributed by atoms with Gasteiger partial charge in [0.15, 0.2) is 10.9 Å². The summed E-state index contributed by atoms with van der Waals surface area (Å²) in [6.45, 7) is 0. The minimum Gasteiger partial charge on any atom is -0.339 e. The number of nitrogens with one attached hydrogen (secondary N) is 3. The van der Waals surface area contributed by atoms with Crippen molar-refractivity contribution in [3.05, 3.63) is 54.0 Å². The van der Waals surface area contributed by atoms with Gasteiger partial charge < -0.3 is 5.32 Å². The average Bonchev–Trinajstić information content (AvgIpc) is 3.46. The zero-order chi connectivity index (χ0) is 20.1. The van der Waals surface area contributed by atoms with Crippen LogP contribution in [0.1, 0.15) is 0 Å². The number of nitrogens with zero attached hydrogens (tertiary/aromatic N) is 4. The van der Waals surface area contributed by atoms with Crippen LogP contribution in [0.4, 0.5) is 22.6 Å². The second-order valence-corrected chi connectivity index (χ2v) is 8.65. The monoisotopic (exact) mass is 425 g/mol. The van der Waals surface area contributed by atoms with Crippen LogP contribution in [0.25, 0.3) is 31.3 Å². The van der Waals surface area contributed by atoms with Crippen LogP contribution < -0.4 is 16.1 Å². The van der Waals surface area contributed by atoms with Gasteiger partial charge in [-0.25, -0.2) is 9.97 Å². The molecule has 4 heterocycles. The highest BCUT2D eigenvalue weighted by Gasteiger charge is 2.12. The van der Waals surface area contributed by atoms with E-state index in [1.165, 1.54) is 11.3 Å². The second-order valence-electron chi connectivity index (χ2n) is 6.70. The van der Waals surface area contributed by atoms with Crippen LogP contribution in [0, 0.1) is 0 Å². The van der Waals surface area contributed by atoms with E-state index in [1.807, 2.05) is 47.8 Å². The molecule has 10 heteroatoms. The number of aromatic amines is 1. The number of fused-ring (bicyclic) bond motifs is 3. The standard InChI is InChI=1S/C20H12BN7S2/c21-11-1-3-14-16(8-11)30-20(25-14)27-19-24-15-5-6-29-17(15)18(26-19)23-12-2-4-13-10(7-12)9-22-28-13/h1-9H,(H,22,28)(H2,23,24,25,26,27). The predicted octanol–water partition coefficient (Wildman–Crippen LogP) is 4.46. The first kappa shape index (κ1) is 17.4. The van der Waals surface area contributed by atoms with Crippen molar-refractivity contribution in [3.63, 3.8) is 0 Å². The Kier molecular flexibility index (Phi) is 3.93. The normalized spacial score (nSPS) is 11.5. The predicted molar refractivity (Wildman–Crippen MR) is 125 cm³/mol. The van der Waals surface area contributed by atoms with E-state index in [-0.39, 0.29) is 0 Å². The van der Waals surface area contributed by atoms with Gasteiger partial charge in [-0.1, -0.05) is 22.9 Å². The van der Waals surface area contributed by atoms with E-state index in [0.717, 1.165) is 53.4 Å². The van der Waals surface area contributed by atoms with E-state index in [1.54, 1.807) is 17.5 Å². The summed E-state index contributed by atoms with van der Waals surface area (Å²) in [7, 11) is 5.88. The zero-order valence-corrected chi connectivity index (χ0v) is 17.0. The third-order valence-corrected chi connectivity index (χ3v) is 6.48. The molecule has 0 saturated heterocycles. The van der Waals surface area contributed by atoms with E-state index in [0.29, 0.717) is 5.95 Å². The molecule has 2 aromatic carbocycles. The molecule has 0 aliphatic carbocycles. The van der Waals surface area contributed by atoms with Gasteiger partial charge in [0.1, 0.15) is 7.85 Å². The molecule has 6 rings (SSSR count). The van der Waals surface area contributed by atoms with Crippen LogP contribution in [-0.2, 0) is 0 Å². The first-order valence-electron chi connectivity index (χ1n) is 9.10. The SMILES string of the molecule is [B]c1ccc2nc(Nc3nc(Nc4ccc5[nH]ncc5c4)c4sccc4n3)sc2c1. The third-order valence-electron chi connectivity index (χ3n) is 4.64. The molecule has 2 radical (unpaired) electrons. The fourth-order valence-electron chi connectivity index (χ4n) is 3.25. The average molecular weight is 425 g/mol. The lowest BCUT2D eigenvalue weighted by Crippen LogP contribution is -2.01. The summed E-state index contributed by atoms with van der Waals surface area (Å²) in [4.78, 5) is 14.0. The van der Waals surface area contributed by atoms with Gasteiger partial charge in [0.25, 0.3) is 0 Å². The first-order valence-corrected chi connectivity index (χ1v) is 10.8. The maximum absolute atomic E-state index is 5.88. The van der Waals surface area contributed by atoms with Crippen molar-refractivity contribution in [1.82, 2.24) is 25.1 Å². The number of hydrogen-bond acceptors (Lipinski definition) is 8. The fraction of sp³-hybridized carbons (Fsp3) is 0. The summed E-state index contributed by atoms with van der Waals surface area (Å²) < 4.78 is 2.01. The maximum Gasteiger partial charge on any atom is 0.231 e. The van der Waals surface area contributed by atoms with Crippen molar-refractivity contribution in [3.8, 4) is 0 Å². The van der Waals surface area contributed by atoms with Gasteiger partial charge in [0.2, 0.25) is 5.95 Å². The second kappa shape index (κ2) is 6.79. The minimum atomic E-state index is 0.486. The molecule has 3 N–H and O–H groups in total. The highest BCUT2D eigenvalue weighted by Crippen LogP contribution is 2.32. The Labute approximate surface area is 179 Å². The molecular formula is C20H12BN7S2. The van der Waals surface area contributed by atoms with E-state index in [9.17, 15) is 0 Å². The van der Waals surface area contributed by atoms with Gasteiger partial charge >= 0.3 is 0 Å². The summed E-state index contributed by atoms with van der Waals surface area (Å²) in [6.07, 6.45) is 1.80. The number of aromatic nitrogens is 5. The molecular weight excluding hydrogens is 413 g/mol. The Morgan fingerprint density at radius 2 is 1.90 bits per heavy atom. The molecule has 0 saturated carbocycles. The van der Waals surface area contributed by atoms with Crippen molar-refractivity contribution in [2.75, 3.05) is 10.6 Å². The Morgan fingerprint density at radius 1 is 0.933 bits per heavy atom. The Hall–Kier alpha value is -3.50. The first-order chi connectivity index (χ1) is 14.7. The lowest BCUT2D eigenvalue weighted by molar-refractivity contribution is 1.12. The Morgan fingerprint density at radius 3 is 2.87 bits per heavy atom. The number of anilines is 4. The van der Waals surface area contributed by atoms with Crippen molar-refractivity contribution in [2.45, 2.75) is 0 Å². The highest BCUT2D eigenvalue weighted by molar-refractivity contribution is 7.22. The van der Waals surface area contributed by atoms with Gasteiger partial charge in [0.05, 0.1) is 32.1 Å². The van der Waals surface area contributed by atoms with Crippen molar-refractivity contribution < 1.29 is 0 Å². The van der Waals surface area contributed by atoms with Gasteiger partial charge in [-0.15, -0.1) is 11.3 Å². The molecule has 7 nitrogen and oxygen atoms in total. The number of hydrogen-bond donors (Lipinski definition) is 3. The molecule has 6 aromatic rings. The van der Waals surface area contributed by atoms with Gasteiger partial charge in [-0.3, -0.25) is 10.4 Å².